The van der Waals surface area contributed by atoms with E-state index in [4.69, 9.17) is 1.37 Å². The first kappa shape index (κ1) is 13.4. The van der Waals surface area contributed by atoms with Crippen LogP contribution in [-0.2, 0) is 32.7 Å². The number of hydrogen-bond acceptors (Lipinski definition) is 2. The van der Waals surface area contributed by atoms with E-state index >= 15 is 0 Å². The van der Waals surface area contributed by atoms with Gasteiger partial charge in [-0.1, -0.05) is 6.92 Å². The van der Waals surface area contributed by atoms with Crippen LogP contribution in [0.15, 0.2) is 0 Å². The molecule has 0 aliphatic rings. The van der Waals surface area contributed by atoms with Crippen molar-refractivity contribution in [1.29, 1.82) is 0 Å². The predicted molar refractivity (Wildman–Crippen MR) is 55.1 cm³/mol. The van der Waals surface area contributed by atoms with Crippen molar-refractivity contribution < 1.29 is 34.1 Å². The van der Waals surface area contributed by atoms with E-state index in [0.717, 1.165) is 18.8 Å². The van der Waals surface area contributed by atoms with Crippen molar-refractivity contribution in [3.63, 3.8) is 0 Å². The molecule has 0 heterocycles. The zero-order valence-electron chi connectivity index (χ0n) is 9.25. The van der Waals surface area contributed by atoms with Gasteiger partial charge < -0.3 is 11.8 Å². The van der Waals surface area contributed by atoms with Gasteiger partial charge in [-0.15, -0.1) is 6.54 Å². The van der Waals surface area contributed by atoms with Crippen molar-refractivity contribution in [1.82, 2.24) is 4.90 Å². The zero-order chi connectivity index (χ0) is 9.40. The van der Waals surface area contributed by atoms with Crippen LogP contribution in [0, 0.1) is 6.92 Å². The van der Waals surface area contributed by atoms with Crippen molar-refractivity contribution in [2.75, 3.05) is 25.1 Å². The second kappa shape index (κ2) is 10.5. The minimum absolute atomic E-state index is 0. The average molecular weight is 265 g/mol. The van der Waals surface area contributed by atoms with Gasteiger partial charge in [0, 0.05) is 45.9 Å². The van der Waals surface area contributed by atoms with Crippen LogP contribution in [0.3, 0.4) is 0 Å². The smallest absolute Gasteiger partial charge is 0.0344 e. The van der Waals surface area contributed by atoms with Gasteiger partial charge in [-0.3, -0.25) is 0 Å². The molecule has 0 aliphatic carbocycles. The minimum atomic E-state index is 0. The SMILES string of the molecule is [3H]CSCC(C)N(C[CH2-])CCC.[Y]. The van der Waals surface area contributed by atoms with Crippen molar-refractivity contribution in [2.45, 2.75) is 26.3 Å². The summed E-state index contributed by atoms with van der Waals surface area (Å²) in [6, 6.07) is 0.567. The second-order valence-electron chi connectivity index (χ2n) is 2.76. The molecule has 0 aromatic carbocycles. The normalized spacial score (nSPS) is 13.8. The first-order valence-electron chi connectivity index (χ1n) is 4.87. The van der Waals surface area contributed by atoms with E-state index in [1.807, 2.05) is 0 Å². The molecule has 0 fully saturated rings. The summed E-state index contributed by atoms with van der Waals surface area (Å²) in [5.41, 5.74) is 0. The fraction of sp³-hybridized carbons (Fsp3) is 0.889. The first-order valence-corrected chi connectivity index (χ1v) is 5.32. The molecule has 0 bridgehead atoms. The Labute approximate surface area is 108 Å². The summed E-state index contributed by atoms with van der Waals surface area (Å²) < 4.78 is 7.02. The largest absolute Gasteiger partial charge is 0.330 e. The molecular weight excluding hydrogens is 243 g/mol. The van der Waals surface area contributed by atoms with Crippen molar-refractivity contribution in [3.8, 4) is 0 Å². The van der Waals surface area contributed by atoms with E-state index in [-0.39, 0.29) is 32.7 Å². The fourth-order valence-corrected chi connectivity index (χ4v) is 1.67. The number of thioether (sulfide) groups is 1. The van der Waals surface area contributed by atoms with E-state index in [0.29, 0.717) is 12.3 Å². The van der Waals surface area contributed by atoms with Gasteiger partial charge in [-0.2, -0.15) is 11.8 Å². The maximum Gasteiger partial charge on any atom is 0.0344 e. The van der Waals surface area contributed by atoms with Crippen LogP contribution < -0.4 is 0 Å². The van der Waals surface area contributed by atoms with Gasteiger partial charge in [0.2, 0.25) is 0 Å². The Hall–Kier alpha value is 1.41. The molecule has 0 aliphatic heterocycles. The van der Waals surface area contributed by atoms with E-state index in [1.54, 1.807) is 11.8 Å². The van der Waals surface area contributed by atoms with Crippen molar-refractivity contribution >= 4 is 11.8 Å². The average Bonchev–Trinajstić information content (AvgIpc) is 2.10. The molecule has 0 saturated heterocycles. The Morgan fingerprint density at radius 3 is 2.75 bits per heavy atom. The van der Waals surface area contributed by atoms with Gasteiger partial charge in [0.25, 0.3) is 0 Å². The molecule has 1 radical (unpaired) electrons. The second-order valence-corrected chi connectivity index (χ2v) is 3.50. The van der Waals surface area contributed by atoms with Crippen LogP contribution in [0.5, 0.6) is 0 Å². The first-order chi connectivity index (χ1) is 5.76. The van der Waals surface area contributed by atoms with E-state index in [1.165, 1.54) is 6.42 Å². The molecule has 3 heteroatoms. The van der Waals surface area contributed by atoms with Gasteiger partial charge in [0.15, 0.2) is 0 Å². The molecule has 0 rings (SSSR count). The summed E-state index contributed by atoms with van der Waals surface area (Å²) in [4.78, 5) is 2.36. The van der Waals surface area contributed by atoms with E-state index in [2.05, 4.69) is 25.7 Å². The molecule has 71 valence electrons. The van der Waals surface area contributed by atoms with Gasteiger partial charge in [0.1, 0.15) is 0 Å². The minimum Gasteiger partial charge on any atom is -0.330 e. The summed E-state index contributed by atoms with van der Waals surface area (Å²) in [7, 11) is 0. The third-order valence-corrected chi connectivity index (χ3v) is 2.50. The Kier molecular flexibility index (Phi) is 11.7. The van der Waals surface area contributed by atoms with Crippen LogP contribution in [0.25, 0.3) is 0 Å². The van der Waals surface area contributed by atoms with Gasteiger partial charge in [0.05, 0.1) is 0 Å². The maximum absolute atomic E-state index is 7.02. The molecule has 0 aromatic heterocycles. The topological polar surface area (TPSA) is 3.24 Å². The summed E-state index contributed by atoms with van der Waals surface area (Å²) >= 11 is 1.68. The summed E-state index contributed by atoms with van der Waals surface area (Å²) in [5.74, 6) is 1.05. The van der Waals surface area contributed by atoms with Crippen molar-refractivity contribution in [3.05, 3.63) is 6.92 Å². The standard InChI is InChI=1S/C9H20NS.Y/c1-5-7-10(6-2)9(3)8-11-4;/h9H,2,5-8H2,1,3-4H3;/q-1;/i4T;. The quantitative estimate of drug-likeness (QED) is 0.678. The Morgan fingerprint density at radius 2 is 2.33 bits per heavy atom. The third kappa shape index (κ3) is 6.88. The Bertz CT molecular complexity index is 106. The van der Waals surface area contributed by atoms with Crippen LogP contribution >= 0.6 is 11.8 Å². The third-order valence-electron chi connectivity index (χ3n) is 1.78. The summed E-state index contributed by atoms with van der Waals surface area (Å²) in [6.45, 7) is 10.3. The number of nitrogens with zero attached hydrogens (tertiary/aromatic N) is 1. The number of hydrogen-bond donors (Lipinski definition) is 0. The maximum atomic E-state index is 7.02. The van der Waals surface area contributed by atoms with Gasteiger partial charge in [-0.25, -0.2) is 0 Å². The Balaban J connectivity index is 0. The summed E-state index contributed by atoms with van der Waals surface area (Å²) in [5, 5.41) is 0. The molecular formula is C9H20NSY-. The van der Waals surface area contributed by atoms with E-state index < -0.39 is 0 Å². The van der Waals surface area contributed by atoms with Crippen LogP contribution in [0.1, 0.15) is 21.6 Å². The molecule has 12 heavy (non-hydrogen) atoms. The van der Waals surface area contributed by atoms with E-state index in [9.17, 15) is 0 Å². The van der Waals surface area contributed by atoms with Crippen LogP contribution in [-0.4, -0.2) is 36.0 Å². The number of rotatable bonds is 6. The molecule has 1 atom stereocenters. The van der Waals surface area contributed by atoms with Gasteiger partial charge in [-0.05, 0) is 26.1 Å². The molecule has 0 spiro atoms. The van der Waals surface area contributed by atoms with Crippen LogP contribution in [0.4, 0.5) is 0 Å². The van der Waals surface area contributed by atoms with Gasteiger partial charge >= 0.3 is 0 Å². The molecule has 0 N–H and O–H groups in total. The molecule has 0 saturated carbocycles. The molecule has 0 aromatic rings. The molecule has 1 unspecified atom stereocenters. The summed E-state index contributed by atoms with van der Waals surface area (Å²) in [6.07, 6.45) is 1.66. The van der Waals surface area contributed by atoms with Crippen molar-refractivity contribution in [2.24, 2.45) is 0 Å². The monoisotopic (exact) mass is 265 g/mol. The van der Waals surface area contributed by atoms with Crippen LogP contribution in [0.2, 0.25) is 0 Å². The molecule has 0 amide bonds. The fourth-order valence-electron chi connectivity index (χ4n) is 1.12. The Morgan fingerprint density at radius 1 is 1.67 bits per heavy atom. The molecule has 1 nitrogen and oxygen atoms in total. The zero-order valence-corrected chi connectivity index (χ0v) is 11.9. The predicted octanol–water partition coefficient (Wildman–Crippen LogP) is 2.28.